The second kappa shape index (κ2) is 10.1. The van der Waals surface area contributed by atoms with Crippen LogP contribution in [-0.2, 0) is 9.59 Å². The number of amides is 3. The van der Waals surface area contributed by atoms with Gasteiger partial charge in [-0.25, -0.2) is 9.80 Å². The number of hydrazine groups is 1. The van der Waals surface area contributed by atoms with Gasteiger partial charge in [-0.2, -0.15) is 5.01 Å². The second-order valence-electron chi connectivity index (χ2n) is 9.79. The molecule has 1 aromatic heterocycles. The Kier molecular flexibility index (Phi) is 6.56. The summed E-state index contributed by atoms with van der Waals surface area (Å²) in [6.07, 6.45) is 5.94. The lowest BCUT2D eigenvalue weighted by molar-refractivity contribution is -0.154. The molecule has 9 nitrogen and oxygen atoms in total. The number of furan rings is 1. The van der Waals surface area contributed by atoms with E-state index in [9.17, 15) is 24.0 Å². The van der Waals surface area contributed by atoms with E-state index in [1.807, 2.05) is 12.2 Å². The zero-order valence-corrected chi connectivity index (χ0v) is 22.2. The summed E-state index contributed by atoms with van der Waals surface area (Å²) in [4.78, 5) is 66.2. The van der Waals surface area contributed by atoms with Crippen molar-refractivity contribution >= 4 is 52.7 Å². The van der Waals surface area contributed by atoms with E-state index in [1.54, 1.807) is 6.07 Å². The molecule has 2 bridgehead atoms. The number of benzene rings is 2. The average Bonchev–Trinajstić information content (AvgIpc) is 3.75. The van der Waals surface area contributed by atoms with Gasteiger partial charge in [0.15, 0.2) is 5.78 Å². The largest absolute Gasteiger partial charge is 0.457 e. The number of allylic oxidation sites excluding steroid dienone is 2. The third-order valence-electron chi connectivity index (χ3n) is 7.49. The van der Waals surface area contributed by atoms with Gasteiger partial charge in [0, 0.05) is 11.1 Å². The number of carbonyl (C=O) groups is 5. The number of nitrogens with zero attached hydrogens (tertiary/aromatic N) is 2. The van der Waals surface area contributed by atoms with E-state index < -0.39 is 47.9 Å². The smallest absolute Gasteiger partial charge is 0.379 e. The van der Waals surface area contributed by atoms with Crippen LogP contribution < -0.4 is 4.74 Å². The van der Waals surface area contributed by atoms with Crippen LogP contribution in [0.15, 0.2) is 77.4 Å². The highest BCUT2D eigenvalue weighted by molar-refractivity contribution is 6.42. The Morgan fingerprint density at radius 1 is 0.900 bits per heavy atom. The van der Waals surface area contributed by atoms with Gasteiger partial charge in [0.25, 0.3) is 17.7 Å². The SMILES string of the molecule is O=C(CN(C(=O)c1ccc(Cl)c(Cl)c1)N1C(=O)[C@@H]2[C@H](C1=O)[C@H]1C=C[C@H]2C1)c1ccc(OC(=O)c2ccco2)cc1. The molecule has 0 N–H and O–H groups in total. The summed E-state index contributed by atoms with van der Waals surface area (Å²) in [5.41, 5.74) is 0.229. The number of fused-ring (bicyclic) bond motifs is 5. The highest BCUT2D eigenvalue weighted by Gasteiger charge is 2.61. The second-order valence-corrected chi connectivity index (χ2v) is 10.6. The highest BCUT2D eigenvalue weighted by Crippen LogP contribution is 2.52. The molecule has 40 heavy (non-hydrogen) atoms. The standard InChI is InChI=1S/C29H20Cl2N2O7/c30-20-10-7-18(13-21(20)31)26(35)32(33-27(36)24-16-3-4-17(12-16)25(24)28(33)37)14-22(34)15-5-8-19(9-6-15)40-29(38)23-2-1-11-39-23/h1-11,13,16-17,24-25H,12,14H2/t16-,17-,24-,25+/m0/s1. The minimum Gasteiger partial charge on any atom is -0.457 e. The van der Waals surface area contributed by atoms with E-state index in [-0.39, 0.29) is 44.5 Å². The third kappa shape index (κ3) is 4.41. The maximum absolute atomic E-state index is 13.7. The van der Waals surface area contributed by atoms with Gasteiger partial charge in [0.2, 0.25) is 5.76 Å². The van der Waals surface area contributed by atoms with Gasteiger partial charge in [-0.15, -0.1) is 0 Å². The molecule has 2 aliphatic carbocycles. The van der Waals surface area contributed by atoms with Crippen molar-refractivity contribution in [2.24, 2.45) is 23.7 Å². The molecule has 2 heterocycles. The van der Waals surface area contributed by atoms with Crippen molar-refractivity contribution in [1.82, 2.24) is 10.0 Å². The monoisotopic (exact) mass is 578 g/mol. The normalized spacial score (nSPS) is 22.5. The molecule has 0 radical (unpaired) electrons. The van der Waals surface area contributed by atoms with Crippen LogP contribution in [0.5, 0.6) is 5.75 Å². The molecule has 2 aromatic carbocycles. The number of ether oxygens (including phenoxy) is 1. The maximum atomic E-state index is 13.7. The molecule has 2 fully saturated rings. The van der Waals surface area contributed by atoms with Crippen molar-refractivity contribution in [3.8, 4) is 5.75 Å². The third-order valence-corrected chi connectivity index (χ3v) is 8.23. The van der Waals surface area contributed by atoms with E-state index in [0.29, 0.717) is 0 Å². The molecule has 3 aliphatic rings. The lowest BCUT2D eigenvalue weighted by atomic mass is 9.85. The predicted molar refractivity (Wildman–Crippen MR) is 142 cm³/mol. The fourth-order valence-electron chi connectivity index (χ4n) is 5.62. The average molecular weight is 579 g/mol. The Bertz CT molecular complexity index is 1550. The Hall–Kier alpha value is -4.21. The van der Waals surface area contributed by atoms with Crippen molar-refractivity contribution < 1.29 is 33.1 Å². The summed E-state index contributed by atoms with van der Waals surface area (Å²) >= 11 is 12.1. The topological polar surface area (TPSA) is 114 Å². The molecule has 202 valence electrons. The van der Waals surface area contributed by atoms with Gasteiger partial charge < -0.3 is 9.15 Å². The van der Waals surface area contributed by atoms with E-state index in [2.05, 4.69) is 0 Å². The van der Waals surface area contributed by atoms with Crippen LogP contribution in [0.25, 0.3) is 0 Å². The van der Waals surface area contributed by atoms with Gasteiger partial charge in [-0.3, -0.25) is 19.2 Å². The number of imide groups is 1. The molecule has 4 atom stereocenters. The maximum Gasteiger partial charge on any atom is 0.379 e. The summed E-state index contributed by atoms with van der Waals surface area (Å²) in [6, 6.07) is 12.8. The van der Waals surface area contributed by atoms with Crippen molar-refractivity contribution in [1.29, 1.82) is 0 Å². The number of carbonyl (C=O) groups excluding carboxylic acids is 5. The number of hydrogen-bond acceptors (Lipinski definition) is 7. The van der Waals surface area contributed by atoms with Crippen molar-refractivity contribution in [3.63, 3.8) is 0 Å². The van der Waals surface area contributed by atoms with Crippen LogP contribution in [0.1, 0.15) is 37.7 Å². The number of ketones is 1. The lowest BCUT2D eigenvalue weighted by Crippen LogP contribution is -2.52. The Balaban J connectivity index is 1.26. The van der Waals surface area contributed by atoms with E-state index in [0.717, 1.165) is 16.4 Å². The number of esters is 1. The number of rotatable bonds is 7. The Labute approximate surface area is 237 Å². The molecular weight excluding hydrogens is 559 g/mol. The quantitative estimate of drug-likeness (QED) is 0.129. The molecule has 11 heteroatoms. The highest BCUT2D eigenvalue weighted by atomic mass is 35.5. The molecule has 6 rings (SSSR count). The summed E-state index contributed by atoms with van der Waals surface area (Å²) in [5.74, 6) is -4.11. The summed E-state index contributed by atoms with van der Waals surface area (Å²) in [7, 11) is 0. The number of Topliss-reactive ketones (excluding diaryl/α,β-unsaturated/α-hetero) is 1. The molecule has 0 spiro atoms. The molecular formula is C29H20Cl2N2O7. The number of halogens is 2. The first-order valence-electron chi connectivity index (χ1n) is 12.4. The van der Waals surface area contributed by atoms with E-state index in [4.69, 9.17) is 32.4 Å². The molecule has 1 saturated heterocycles. The molecule has 1 aliphatic heterocycles. The van der Waals surface area contributed by atoms with E-state index in [1.165, 1.54) is 54.8 Å². The molecule has 3 aromatic rings. The molecule has 0 unspecified atom stereocenters. The first-order valence-corrected chi connectivity index (χ1v) is 13.2. The first-order chi connectivity index (χ1) is 19.2. The first kappa shape index (κ1) is 26.0. The Morgan fingerprint density at radius 3 is 2.15 bits per heavy atom. The van der Waals surface area contributed by atoms with Crippen molar-refractivity contribution in [2.45, 2.75) is 6.42 Å². The van der Waals surface area contributed by atoms with Gasteiger partial charge in [0.1, 0.15) is 12.3 Å². The van der Waals surface area contributed by atoms with Crippen LogP contribution in [0.3, 0.4) is 0 Å². The molecule has 1 saturated carbocycles. The zero-order valence-electron chi connectivity index (χ0n) is 20.7. The predicted octanol–water partition coefficient (Wildman–Crippen LogP) is 4.85. The Morgan fingerprint density at radius 2 is 1.55 bits per heavy atom. The minimum absolute atomic E-state index is 0.0185. The summed E-state index contributed by atoms with van der Waals surface area (Å²) in [5, 5.41) is 2.04. The number of hydrogen-bond donors (Lipinski definition) is 0. The van der Waals surface area contributed by atoms with Gasteiger partial charge in [-0.05, 0) is 72.9 Å². The van der Waals surface area contributed by atoms with Gasteiger partial charge in [-0.1, -0.05) is 35.4 Å². The van der Waals surface area contributed by atoms with Crippen LogP contribution in [0.4, 0.5) is 0 Å². The summed E-state index contributed by atoms with van der Waals surface area (Å²) < 4.78 is 10.2. The van der Waals surface area contributed by atoms with E-state index >= 15 is 0 Å². The van der Waals surface area contributed by atoms with Crippen molar-refractivity contribution in [3.05, 3.63) is 99.9 Å². The van der Waals surface area contributed by atoms with Crippen LogP contribution in [0, 0.1) is 23.7 Å². The van der Waals surface area contributed by atoms with Crippen LogP contribution >= 0.6 is 23.2 Å². The summed E-state index contributed by atoms with van der Waals surface area (Å²) in [6.45, 7) is -0.593. The zero-order chi connectivity index (χ0) is 28.1. The van der Waals surface area contributed by atoms with Crippen LogP contribution in [0.2, 0.25) is 10.0 Å². The fourth-order valence-corrected chi connectivity index (χ4v) is 5.92. The molecule has 3 amide bonds. The fraction of sp³-hybridized carbons (Fsp3) is 0.207. The van der Waals surface area contributed by atoms with Gasteiger partial charge >= 0.3 is 5.97 Å². The van der Waals surface area contributed by atoms with Crippen molar-refractivity contribution in [2.75, 3.05) is 6.54 Å². The van der Waals surface area contributed by atoms with Crippen LogP contribution in [-0.4, -0.2) is 46.0 Å². The lowest BCUT2D eigenvalue weighted by Gasteiger charge is -2.31. The minimum atomic E-state index is -0.752. The van der Waals surface area contributed by atoms with Gasteiger partial charge in [0.05, 0.1) is 28.1 Å².